The Morgan fingerprint density at radius 1 is 1.32 bits per heavy atom. The van der Waals surface area contributed by atoms with Gasteiger partial charge in [-0.2, -0.15) is 0 Å². The van der Waals surface area contributed by atoms with Gasteiger partial charge in [-0.05, 0) is 29.7 Å². The predicted octanol–water partition coefficient (Wildman–Crippen LogP) is 2.31. The zero-order chi connectivity index (χ0) is 18.1. The number of aromatic nitrogens is 1. The number of nitrogens with two attached hydrogens (primary N) is 1. The minimum atomic E-state index is -1.04. The summed E-state index contributed by atoms with van der Waals surface area (Å²) in [5, 5.41) is 9.38. The molecule has 1 aliphatic rings. The second-order valence-corrected chi connectivity index (χ2v) is 6.23. The molecule has 0 aliphatic carbocycles. The van der Waals surface area contributed by atoms with Crippen molar-refractivity contribution in [3.8, 4) is 5.75 Å². The Morgan fingerprint density at radius 2 is 2.04 bits per heavy atom. The van der Waals surface area contributed by atoms with E-state index in [-0.39, 0.29) is 29.8 Å². The van der Waals surface area contributed by atoms with Crippen LogP contribution < -0.4 is 15.4 Å². The number of hydrogen-bond donors (Lipinski definition) is 2. The fraction of sp³-hybridized carbons (Fsp3) is 0.278. The Hall–Kier alpha value is -3.09. The number of pyridine rings is 1. The van der Waals surface area contributed by atoms with Crippen molar-refractivity contribution in [3.05, 3.63) is 47.5 Å². The van der Waals surface area contributed by atoms with Crippen molar-refractivity contribution in [2.45, 2.75) is 26.5 Å². The number of carboxylic acids is 1. The molecule has 3 rings (SSSR count). The standard InChI is InChI=1S/C18H19N3O4/c1-10(2)15-17(22)21(16-13(25-15)7-8-14(19)20-16)9-11-5-3-4-6-12(11)18(23)24/h3-8,10,15H,9H2,1-2H3,(H2,19,20)(H,23,24). The van der Waals surface area contributed by atoms with E-state index in [2.05, 4.69) is 4.98 Å². The number of benzene rings is 1. The van der Waals surface area contributed by atoms with Gasteiger partial charge in [-0.25, -0.2) is 9.78 Å². The van der Waals surface area contributed by atoms with Gasteiger partial charge in [0, 0.05) is 0 Å². The van der Waals surface area contributed by atoms with Gasteiger partial charge in [0.15, 0.2) is 17.7 Å². The van der Waals surface area contributed by atoms with Crippen LogP contribution in [0.15, 0.2) is 36.4 Å². The molecule has 2 heterocycles. The summed E-state index contributed by atoms with van der Waals surface area (Å²) < 4.78 is 5.78. The van der Waals surface area contributed by atoms with Crippen molar-refractivity contribution in [1.82, 2.24) is 4.98 Å². The van der Waals surface area contributed by atoms with Gasteiger partial charge < -0.3 is 15.6 Å². The number of carboxylic acid groups (broad SMARTS) is 1. The Labute approximate surface area is 145 Å². The number of nitrogen functional groups attached to an aromatic ring is 1. The quantitative estimate of drug-likeness (QED) is 0.884. The molecule has 1 aromatic carbocycles. The van der Waals surface area contributed by atoms with Gasteiger partial charge in [-0.3, -0.25) is 9.69 Å². The van der Waals surface area contributed by atoms with Crippen LogP contribution >= 0.6 is 0 Å². The molecular formula is C18H19N3O4. The summed E-state index contributed by atoms with van der Waals surface area (Å²) in [5.74, 6) is -0.328. The lowest BCUT2D eigenvalue weighted by Gasteiger charge is -2.35. The van der Waals surface area contributed by atoms with E-state index >= 15 is 0 Å². The lowest BCUT2D eigenvalue weighted by atomic mass is 10.0. The van der Waals surface area contributed by atoms with E-state index in [1.165, 1.54) is 11.0 Å². The number of carbonyl (C=O) groups is 2. The van der Waals surface area contributed by atoms with Crippen LogP contribution in [0, 0.1) is 5.92 Å². The van der Waals surface area contributed by atoms with Crippen LogP contribution in [0.5, 0.6) is 5.75 Å². The van der Waals surface area contributed by atoms with Crippen LogP contribution in [0.3, 0.4) is 0 Å². The van der Waals surface area contributed by atoms with Gasteiger partial charge in [0.25, 0.3) is 5.91 Å². The molecule has 7 nitrogen and oxygen atoms in total. The number of aromatic carboxylic acids is 1. The highest BCUT2D eigenvalue weighted by atomic mass is 16.5. The highest BCUT2D eigenvalue weighted by Gasteiger charge is 2.37. The van der Waals surface area contributed by atoms with Crippen LogP contribution in [0.1, 0.15) is 29.8 Å². The molecule has 25 heavy (non-hydrogen) atoms. The molecule has 1 atom stereocenters. The van der Waals surface area contributed by atoms with Gasteiger partial charge in [-0.1, -0.05) is 32.0 Å². The number of amides is 1. The maximum Gasteiger partial charge on any atom is 0.336 e. The van der Waals surface area contributed by atoms with Gasteiger partial charge in [0.2, 0.25) is 0 Å². The molecule has 7 heteroatoms. The van der Waals surface area contributed by atoms with Crippen molar-refractivity contribution in [1.29, 1.82) is 0 Å². The van der Waals surface area contributed by atoms with E-state index in [4.69, 9.17) is 10.5 Å². The third-order valence-corrected chi connectivity index (χ3v) is 4.06. The Morgan fingerprint density at radius 3 is 2.72 bits per heavy atom. The molecule has 2 aromatic rings. The first-order valence-electron chi connectivity index (χ1n) is 7.94. The summed E-state index contributed by atoms with van der Waals surface area (Å²) in [7, 11) is 0. The average Bonchev–Trinajstić information content (AvgIpc) is 2.57. The summed E-state index contributed by atoms with van der Waals surface area (Å²) in [4.78, 5) is 30.0. The molecule has 130 valence electrons. The third-order valence-electron chi connectivity index (χ3n) is 4.06. The molecule has 3 N–H and O–H groups in total. The number of hydrogen-bond acceptors (Lipinski definition) is 5. The summed E-state index contributed by atoms with van der Waals surface area (Å²) in [6.45, 7) is 3.86. The SMILES string of the molecule is CC(C)C1Oc2ccc(N)nc2N(Cc2ccccc2C(=O)O)C1=O. The molecule has 0 fully saturated rings. The van der Waals surface area contributed by atoms with Crippen LogP contribution in [-0.4, -0.2) is 28.1 Å². The summed E-state index contributed by atoms with van der Waals surface area (Å²) in [5.41, 5.74) is 6.42. The molecular weight excluding hydrogens is 322 g/mol. The molecule has 0 radical (unpaired) electrons. The lowest BCUT2D eigenvalue weighted by molar-refractivity contribution is -0.128. The van der Waals surface area contributed by atoms with E-state index in [1.54, 1.807) is 30.3 Å². The molecule has 1 amide bonds. The maximum atomic E-state index is 12.9. The number of anilines is 2. The highest BCUT2D eigenvalue weighted by molar-refractivity contribution is 5.99. The van der Waals surface area contributed by atoms with Crippen molar-refractivity contribution < 1.29 is 19.4 Å². The molecule has 0 saturated heterocycles. The summed E-state index contributed by atoms with van der Waals surface area (Å²) >= 11 is 0. The lowest BCUT2D eigenvalue weighted by Crippen LogP contribution is -2.48. The van der Waals surface area contributed by atoms with Crippen LogP contribution in [0.4, 0.5) is 11.6 Å². The van der Waals surface area contributed by atoms with Crippen molar-refractivity contribution in [3.63, 3.8) is 0 Å². The van der Waals surface area contributed by atoms with Gasteiger partial charge in [0.05, 0.1) is 12.1 Å². The predicted molar refractivity (Wildman–Crippen MR) is 92.5 cm³/mol. The maximum absolute atomic E-state index is 12.9. The van der Waals surface area contributed by atoms with Crippen LogP contribution in [-0.2, 0) is 11.3 Å². The first-order chi connectivity index (χ1) is 11.9. The molecule has 0 spiro atoms. The smallest absolute Gasteiger partial charge is 0.336 e. The van der Waals surface area contributed by atoms with Crippen LogP contribution in [0.25, 0.3) is 0 Å². The van der Waals surface area contributed by atoms with Crippen molar-refractivity contribution in [2.75, 3.05) is 10.6 Å². The number of nitrogens with zero attached hydrogens (tertiary/aromatic N) is 2. The molecule has 1 unspecified atom stereocenters. The second kappa shape index (κ2) is 6.43. The number of carbonyl (C=O) groups excluding carboxylic acids is 1. The second-order valence-electron chi connectivity index (χ2n) is 6.23. The topological polar surface area (TPSA) is 106 Å². The van der Waals surface area contributed by atoms with E-state index in [0.29, 0.717) is 17.1 Å². The molecule has 0 saturated carbocycles. The van der Waals surface area contributed by atoms with Gasteiger partial charge in [-0.15, -0.1) is 0 Å². The number of fused-ring (bicyclic) bond motifs is 1. The Bertz CT molecular complexity index is 835. The van der Waals surface area contributed by atoms with E-state index < -0.39 is 12.1 Å². The number of rotatable bonds is 4. The minimum absolute atomic E-state index is 0.0459. The molecule has 1 aromatic heterocycles. The largest absolute Gasteiger partial charge is 0.478 e. The zero-order valence-electron chi connectivity index (χ0n) is 14.0. The highest BCUT2D eigenvalue weighted by Crippen LogP contribution is 2.36. The van der Waals surface area contributed by atoms with Crippen molar-refractivity contribution in [2.24, 2.45) is 5.92 Å². The fourth-order valence-electron chi connectivity index (χ4n) is 2.79. The zero-order valence-corrected chi connectivity index (χ0v) is 14.0. The van der Waals surface area contributed by atoms with E-state index in [0.717, 1.165) is 0 Å². The van der Waals surface area contributed by atoms with E-state index in [9.17, 15) is 14.7 Å². The fourth-order valence-corrected chi connectivity index (χ4v) is 2.79. The monoisotopic (exact) mass is 341 g/mol. The summed E-state index contributed by atoms with van der Waals surface area (Å²) in [6.07, 6.45) is -0.657. The van der Waals surface area contributed by atoms with Gasteiger partial charge >= 0.3 is 5.97 Å². The normalized spacial score (nSPS) is 16.5. The Balaban J connectivity index is 2.06. The first-order valence-corrected chi connectivity index (χ1v) is 7.94. The Kier molecular flexibility index (Phi) is 4.31. The van der Waals surface area contributed by atoms with E-state index in [1.807, 2.05) is 13.8 Å². The van der Waals surface area contributed by atoms with Gasteiger partial charge in [0.1, 0.15) is 5.82 Å². The minimum Gasteiger partial charge on any atom is -0.478 e. The molecule has 1 aliphatic heterocycles. The molecule has 0 bridgehead atoms. The average molecular weight is 341 g/mol. The number of ether oxygens (including phenoxy) is 1. The van der Waals surface area contributed by atoms with Crippen molar-refractivity contribution >= 4 is 23.5 Å². The summed E-state index contributed by atoms with van der Waals surface area (Å²) in [6, 6.07) is 9.86. The first kappa shape index (κ1) is 16.8. The third kappa shape index (κ3) is 3.13. The van der Waals surface area contributed by atoms with Crippen LogP contribution in [0.2, 0.25) is 0 Å².